The van der Waals surface area contributed by atoms with Gasteiger partial charge >= 0.3 is 0 Å². The van der Waals surface area contributed by atoms with Crippen LogP contribution in [-0.2, 0) is 4.79 Å². The molecule has 1 N–H and O–H groups in total. The van der Waals surface area contributed by atoms with Gasteiger partial charge in [0.05, 0.1) is 0 Å². The molecule has 2 amide bonds. The molecule has 0 aliphatic carbocycles. The van der Waals surface area contributed by atoms with E-state index < -0.39 is 0 Å². The van der Waals surface area contributed by atoms with Crippen molar-refractivity contribution in [1.29, 1.82) is 0 Å². The van der Waals surface area contributed by atoms with E-state index in [-0.39, 0.29) is 18.4 Å². The Labute approximate surface area is 170 Å². The number of hydrogen-bond acceptors (Lipinski definition) is 3. The van der Waals surface area contributed by atoms with E-state index in [1.54, 1.807) is 42.5 Å². The van der Waals surface area contributed by atoms with Crippen LogP contribution < -0.4 is 10.1 Å². The molecule has 0 bridgehead atoms. The predicted molar refractivity (Wildman–Crippen MR) is 111 cm³/mol. The van der Waals surface area contributed by atoms with Gasteiger partial charge in [0.2, 0.25) is 0 Å². The average molecular weight is 401 g/mol. The van der Waals surface area contributed by atoms with Crippen molar-refractivity contribution < 1.29 is 14.3 Å². The Morgan fingerprint density at radius 1 is 1.04 bits per heavy atom. The molecule has 0 spiro atoms. The van der Waals surface area contributed by atoms with Crippen molar-refractivity contribution in [3.63, 3.8) is 0 Å². The normalized spacial score (nSPS) is 14.3. The molecule has 2 aromatic carbocycles. The van der Waals surface area contributed by atoms with Gasteiger partial charge in [0, 0.05) is 29.4 Å². The zero-order valence-corrected chi connectivity index (χ0v) is 16.8. The van der Waals surface area contributed by atoms with E-state index >= 15 is 0 Å². The van der Waals surface area contributed by atoms with Crippen molar-refractivity contribution in [1.82, 2.24) is 4.90 Å². The quantitative estimate of drug-likeness (QED) is 0.792. The summed E-state index contributed by atoms with van der Waals surface area (Å²) >= 11 is 5.92. The number of amides is 2. The number of benzene rings is 2. The molecule has 5 nitrogen and oxygen atoms in total. The van der Waals surface area contributed by atoms with Crippen LogP contribution in [0.4, 0.5) is 5.69 Å². The molecule has 148 valence electrons. The van der Waals surface area contributed by atoms with Crippen LogP contribution >= 0.6 is 11.6 Å². The fourth-order valence-corrected chi connectivity index (χ4v) is 3.49. The lowest BCUT2D eigenvalue weighted by Gasteiger charge is -2.20. The molecular formula is C22H25ClN2O3. The van der Waals surface area contributed by atoms with E-state index in [4.69, 9.17) is 16.3 Å². The fraction of sp³-hybridized carbons (Fsp3) is 0.364. The maximum Gasteiger partial charge on any atom is 0.262 e. The van der Waals surface area contributed by atoms with Crippen LogP contribution in [-0.4, -0.2) is 36.4 Å². The largest absolute Gasteiger partial charge is 0.483 e. The van der Waals surface area contributed by atoms with Crippen LogP contribution in [0.2, 0.25) is 5.02 Å². The first-order valence-corrected chi connectivity index (χ1v) is 9.99. The Morgan fingerprint density at radius 2 is 1.71 bits per heavy atom. The summed E-state index contributed by atoms with van der Waals surface area (Å²) in [7, 11) is 0. The lowest BCUT2D eigenvalue weighted by atomic mass is 10.1. The summed E-state index contributed by atoms with van der Waals surface area (Å²) in [6, 6.07) is 12.3. The molecule has 3 rings (SSSR count). The highest BCUT2D eigenvalue weighted by molar-refractivity contribution is 6.30. The Kier molecular flexibility index (Phi) is 6.93. The number of hydrogen-bond donors (Lipinski definition) is 1. The molecule has 0 aromatic heterocycles. The number of rotatable bonds is 5. The van der Waals surface area contributed by atoms with Gasteiger partial charge in [0.15, 0.2) is 6.61 Å². The lowest BCUT2D eigenvalue weighted by Crippen LogP contribution is -2.31. The van der Waals surface area contributed by atoms with E-state index in [2.05, 4.69) is 5.32 Å². The zero-order valence-electron chi connectivity index (χ0n) is 16.0. The van der Waals surface area contributed by atoms with E-state index in [0.29, 0.717) is 22.0 Å². The van der Waals surface area contributed by atoms with Crippen LogP contribution in [0.25, 0.3) is 0 Å². The second-order valence-corrected chi connectivity index (χ2v) is 7.47. The number of ether oxygens (including phenoxy) is 1. The van der Waals surface area contributed by atoms with Crippen LogP contribution in [0.15, 0.2) is 42.5 Å². The molecular weight excluding hydrogens is 376 g/mol. The first-order valence-electron chi connectivity index (χ1n) is 9.61. The topological polar surface area (TPSA) is 58.6 Å². The number of likely N-dealkylation sites (tertiary alicyclic amines) is 1. The molecule has 1 heterocycles. The lowest BCUT2D eigenvalue weighted by molar-refractivity contribution is -0.118. The molecule has 1 fully saturated rings. The van der Waals surface area contributed by atoms with Gasteiger partial charge in [-0.1, -0.05) is 24.4 Å². The number of halogens is 1. The van der Waals surface area contributed by atoms with Crippen molar-refractivity contribution in [3.05, 3.63) is 58.6 Å². The number of nitrogens with one attached hydrogen (secondary N) is 1. The van der Waals surface area contributed by atoms with E-state index in [9.17, 15) is 9.59 Å². The Bertz CT molecular complexity index is 828. The van der Waals surface area contributed by atoms with Gasteiger partial charge in [-0.15, -0.1) is 0 Å². The van der Waals surface area contributed by atoms with Gasteiger partial charge in [-0.2, -0.15) is 0 Å². The van der Waals surface area contributed by atoms with Crippen LogP contribution in [0.1, 0.15) is 41.6 Å². The zero-order chi connectivity index (χ0) is 19.9. The second kappa shape index (κ2) is 9.60. The van der Waals surface area contributed by atoms with Gasteiger partial charge < -0.3 is 15.0 Å². The Hall–Kier alpha value is -2.53. The molecule has 1 aliphatic rings. The fourth-order valence-electron chi connectivity index (χ4n) is 3.27. The third-order valence-corrected chi connectivity index (χ3v) is 5.04. The van der Waals surface area contributed by atoms with Gasteiger partial charge in [-0.3, -0.25) is 9.59 Å². The second-order valence-electron chi connectivity index (χ2n) is 7.03. The van der Waals surface area contributed by atoms with Crippen molar-refractivity contribution in [2.75, 3.05) is 25.0 Å². The third-order valence-electron chi connectivity index (χ3n) is 4.80. The third kappa shape index (κ3) is 5.49. The minimum absolute atomic E-state index is 0.0568. The Morgan fingerprint density at radius 3 is 2.36 bits per heavy atom. The monoisotopic (exact) mass is 400 g/mol. The molecule has 1 saturated heterocycles. The number of carbonyl (C=O) groups excluding carboxylic acids is 2. The molecule has 28 heavy (non-hydrogen) atoms. The summed E-state index contributed by atoms with van der Waals surface area (Å²) in [5.74, 6) is 0.417. The van der Waals surface area contributed by atoms with Crippen molar-refractivity contribution in [3.8, 4) is 5.75 Å². The van der Waals surface area contributed by atoms with Gasteiger partial charge in [-0.25, -0.2) is 0 Å². The van der Waals surface area contributed by atoms with E-state index in [1.165, 1.54) is 12.8 Å². The average Bonchev–Trinajstić information content (AvgIpc) is 2.97. The first-order chi connectivity index (χ1) is 13.5. The summed E-state index contributed by atoms with van der Waals surface area (Å²) in [6.07, 6.45) is 4.50. The predicted octanol–water partition coefficient (Wildman–Crippen LogP) is 4.68. The minimum Gasteiger partial charge on any atom is -0.483 e. The van der Waals surface area contributed by atoms with E-state index in [0.717, 1.165) is 31.5 Å². The Balaban J connectivity index is 1.53. The highest BCUT2D eigenvalue weighted by atomic mass is 35.5. The van der Waals surface area contributed by atoms with Crippen molar-refractivity contribution >= 4 is 29.1 Å². The van der Waals surface area contributed by atoms with Crippen LogP contribution in [0, 0.1) is 6.92 Å². The molecule has 6 heteroatoms. The van der Waals surface area contributed by atoms with Gasteiger partial charge in [-0.05, 0) is 67.8 Å². The number of aryl methyl sites for hydroxylation is 1. The van der Waals surface area contributed by atoms with E-state index in [1.807, 2.05) is 11.8 Å². The summed E-state index contributed by atoms with van der Waals surface area (Å²) < 4.78 is 5.55. The SMILES string of the molecule is Cc1cc(Cl)ccc1OCC(=O)Nc1ccc(C(=O)N2CCCCCC2)cc1. The van der Waals surface area contributed by atoms with Crippen molar-refractivity contribution in [2.45, 2.75) is 32.6 Å². The maximum atomic E-state index is 12.6. The highest BCUT2D eigenvalue weighted by Crippen LogP contribution is 2.22. The van der Waals surface area contributed by atoms with Gasteiger partial charge in [0.1, 0.15) is 5.75 Å². The highest BCUT2D eigenvalue weighted by Gasteiger charge is 2.17. The maximum absolute atomic E-state index is 12.6. The summed E-state index contributed by atoms with van der Waals surface area (Å²) in [4.78, 5) is 26.7. The molecule has 0 atom stereocenters. The standard InChI is InChI=1S/C22H25ClN2O3/c1-16-14-18(23)8-11-20(16)28-15-21(26)24-19-9-6-17(7-10-19)22(27)25-12-4-2-3-5-13-25/h6-11,14H,2-5,12-13,15H2,1H3,(H,24,26). The summed E-state index contributed by atoms with van der Waals surface area (Å²) in [6.45, 7) is 3.41. The number of anilines is 1. The minimum atomic E-state index is -0.263. The van der Waals surface area contributed by atoms with Crippen molar-refractivity contribution in [2.24, 2.45) is 0 Å². The molecule has 0 unspecified atom stereocenters. The first kappa shape index (κ1) is 20.2. The molecule has 1 aliphatic heterocycles. The molecule has 2 aromatic rings. The smallest absolute Gasteiger partial charge is 0.262 e. The van der Waals surface area contributed by atoms with Gasteiger partial charge in [0.25, 0.3) is 11.8 Å². The number of carbonyl (C=O) groups is 2. The molecule has 0 saturated carbocycles. The molecule has 0 radical (unpaired) electrons. The summed E-state index contributed by atoms with van der Waals surface area (Å²) in [5, 5.41) is 3.41. The summed E-state index contributed by atoms with van der Waals surface area (Å²) in [5.41, 5.74) is 2.15. The van der Waals surface area contributed by atoms with Crippen LogP contribution in [0.5, 0.6) is 5.75 Å². The van der Waals surface area contributed by atoms with Crippen LogP contribution in [0.3, 0.4) is 0 Å². The number of nitrogens with zero attached hydrogens (tertiary/aromatic N) is 1.